The van der Waals surface area contributed by atoms with Gasteiger partial charge in [0.2, 0.25) is 0 Å². The number of aliphatic hydroxyl groups excluding tert-OH is 1. The number of oxime groups is 1. The highest BCUT2D eigenvalue weighted by molar-refractivity contribution is 7.09. The lowest BCUT2D eigenvalue weighted by atomic mass is 9.74. The third-order valence-electron chi connectivity index (χ3n) is 7.45. The molecule has 0 radical (unpaired) electrons. The predicted octanol–water partition coefficient (Wildman–Crippen LogP) is 4.12. The second kappa shape index (κ2) is 9.24. The van der Waals surface area contributed by atoms with Gasteiger partial charge in [0.05, 0.1) is 48.3 Å². The maximum Gasteiger partial charge on any atom is 0.307 e. The molecule has 0 spiro atoms. The Hall–Kier alpha value is -3.82. The van der Waals surface area contributed by atoms with Gasteiger partial charge in [0, 0.05) is 26.8 Å². The summed E-state index contributed by atoms with van der Waals surface area (Å²) in [6.07, 6.45) is 2.21. The molecule has 9 heteroatoms. The van der Waals surface area contributed by atoms with E-state index < -0.39 is 11.4 Å². The zero-order valence-corrected chi connectivity index (χ0v) is 21.1. The van der Waals surface area contributed by atoms with E-state index in [1.54, 1.807) is 22.1 Å². The number of thiophene rings is 1. The highest BCUT2D eigenvalue weighted by Crippen LogP contribution is 2.41. The lowest BCUT2D eigenvalue weighted by Crippen LogP contribution is -2.35. The number of para-hydroxylation sites is 1. The monoisotopic (exact) mass is 515 g/mol. The summed E-state index contributed by atoms with van der Waals surface area (Å²) in [6.45, 7) is 2.24. The van der Waals surface area contributed by atoms with E-state index in [9.17, 15) is 14.7 Å². The van der Waals surface area contributed by atoms with Crippen molar-refractivity contribution in [1.82, 2.24) is 9.55 Å². The number of nitrogens with zero attached hydrogens (tertiary/aromatic N) is 3. The summed E-state index contributed by atoms with van der Waals surface area (Å²) in [4.78, 5) is 37.7. The van der Waals surface area contributed by atoms with Gasteiger partial charge < -0.3 is 19.2 Å². The van der Waals surface area contributed by atoms with Crippen molar-refractivity contribution in [2.24, 2.45) is 5.16 Å². The molecular formula is C28H25N3O5S. The lowest BCUT2D eigenvalue weighted by molar-refractivity contribution is -0.146. The van der Waals surface area contributed by atoms with E-state index >= 15 is 0 Å². The zero-order chi connectivity index (χ0) is 25.6. The van der Waals surface area contributed by atoms with Gasteiger partial charge in [-0.3, -0.25) is 9.59 Å². The number of carbonyl (C=O) groups is 1. The molecule has 6 rings (SSSR count). The van der Waals surface area contributed by atoms with E-state index in [-0.39, 0.29) is 25.2 Å². The summed E-state index contributed by atoms with van der Waals surface area (Å²) in [5.41, 5.74) is 3.83. The quantitative estimate of drug-likeness (QED) is 0.207. The molecule has 1 unspecified atom stereocenters. The lowest BCUT2D eigenvalue weighted by Gasteiger charge is -2.30. The Bertz CT molecular complexity index is 1600. The molecule has 3 aromatic heterocycles. The number of benzene rings is 1. The fraction of sp³-hybridized carbons (Fsp3) is 0.286. The topological polar surface area (TPSA) is 103 Å². The summed E-state index contributed by atoms with van der Waals surface area (Å²) in [5, 5.41) is 17.5. The summed E-state index contributed by atoms with van der Waals surface area (Å²) < 4.78 is 7.05. The molecule has 0 saturated heterocycles. The van der Waals surface area contributed by atoms with Crippen LogP contribution in [0.4, 0.5) is 0 Å². The molecule has 188 valence electrons. The highest BCUT2D eigenvalue weighted by atomic mass is 32.1. The van der Waals surface area contributed by atoms with Crippen molar-refractivity contribution < 1.29 is 19.5 Å². The van der Waals surface area contributed by atoms with Crippen LogP contribution in [0.2, 0.25) is 0 Å². The Morgan fingerprint density at radius 3 is 2.89 bits per heavy atom. The van der Waals surface area contributed by atoms with Crippen molar-refractivity contribution in [3.63, 3.8) is 0 Å². The molecule has 4 aromatic rings. The maximum atomic E-state index is 13.8. The van der Waals surface area contributed by atoms with Crippen molar-refractivity contribution in [1.29, 1.82) is 0 Å². The summed E-state index contributed by atoms with van der Waals surface area (Å²) >= 11 is 1.61. The number of ether oxygens (including phenoxy) is 1. The first-order chi connectivity index (χ1) is 18.0. The van der Waals surface area contributed by atoms with Crippen molar-refractivity contribution >= 4 is 34.4 Å². The largest absolute Gasteiger partial charge is 0.461 e. The first-order valence-corrected chi connectivity index (χ1v) is 13.1. The predicted molar refractivity (Wildman–Crippen MR) is 141 cm³/mol. The highest BCUT2D eigenvalue weighted by Gasteiger charge is 2.40. The second-order valence-electron chi connectivity index (χ2n) is 9.40. The molecule has 2 aliphatic heterocycles. The van der Waals surface area contributed by atoms with Gasteiger partial charge in [-0.15, -0.1) is 11.3 Å². The summed E-state index contributed by atoms with van der Waals surface area (Å²) in [5.74, 6) is -0.415. The van der Waals surface area contributed by atoms with Crippen molar-refractivity contribution in [3.8, 4) is 11.4 Å². The number of rotatable bonds is 6. The molecule has 0 fully saturated rings. The maximum absolute atomic E-state index is 13.8. The van der Waals surface area contributed by atoms with Crippen LogP contribution in [0.25, 0.3) is 22.3 Å². The third-order valence-corrected chi connectivity index (χ3v) is 8.30. The average molecular weight is 516 g/mol. The number of pyridine rings is 2. The van der Waals surface area contributed by atoms with Crippen LogP contribution in [0.1, 0.15) is 46.9 Å². The number of aliphatic hydroxyl groups is 1. The molecule has 1 aromatic carbocycles. The van der Waals surface area contributed by atoms with E-state index in [0.717, 1.165) is 26.9 Å². The molecule has 37 heavy (non-hydrogen) atoms. The van der Waals surface area contributed by atoms with Crippen LogP contribution in [0.15, 0.2) is 57.8 Å². The van der Waals surface area contributed by atoms with Crippen molar-refractivity contribution in [2.75, 3.05) is 6.61 Å². The van der Waals surface area contributed by atoms with Gasteiger partial charge in [0.15, 0.2) is 6.61 Å². The Kier molecular flexibility index (Phi) is 5.89. The zero-order valence-electron chi connectivity index (χ0n) is 20.3. The Morgan fingerprint density at radius 2 is 2.11 bits per heavy atom. The number of fused-ring (bicyclic) bond motifs is 5. The molecule has 5 heterocycles. The Labute approximate surface area is 216 Å². The second-order valence-corrected chi connectivity index (χ2v) is 10.4. The Morgan fingerprint density at radius 1 is 1.24 bits per heavy atom. The van der Waals surface area contributed by atoms with Gasteiger partial charge in [-0.05, 0) is 35.6 Å². The van der Waals surface area contributed by atoms with E-state index in [2.05, 4.69) is 5.16 Å². The normalized spacial score (nSPS) is 18.4. The van der Waals surface area contributed by atoms with E-state index in [4.69, 9.17) is 14.6 Å². The van der Waals surface area contributed by atoms with Crippen molar-refractivity contribution in [2.45, 2.75) is 44.9 Å². The molecular weight excluding hydrogens is 490 g/mol. The molecule has 0 saturated carbocycles. The fourth-order valence-corrected chi connectivity index (χ4v) is 5.95. The molecule has 1 atom stereocenters. The van der Waals surface area contributed by atoms with E-state index in [0.29, 0.717) is 42.1 Å². The van der Waals surface area contributed by atoms with Gasteiger partial charge in [-0.1, -0.05) is 36.3 Å². The SMILES string of the molecule is CCC1(CO)CC(=O)OCc2c1cc1n(c2=O)Cc2c-1nc1ccccc1c2/C=N/OCc1cccs1. The average Bonchev–Trinajstić information content (AvgIpc) is 3.53. The number of hydrogen-bond donors (Lipinski definition) is 1. The molecule has 2 aliphatic rings. The molecule has 1 N–H and O–H groups in total. The van der Waals surface area contributed by atoms with Crippen LogP contribution in [0.5, 0.6) is 0 Å². The summed E-state index contributed by atoms with van der Waals surface area (Å²) in [6, 6.07) is 13.7. The van der Waals surface area contributed by atoms with Gasteiger partial charge in [0.25, 0.3) is 5.56 Å². The number of cyclic esters (lactones) is 1. The first-order valence-electron chi connectivity index (χ1n) is 12.2. The van der Waals surface area contributed by atoms with E-state index in [1.807, 2.05) is 54.8 Å². The van der Waals surface area contributed by atoms with Crippen LogP contribution in [-0.4, -0.2) is 33.4 Å². The number of aromatic nitrogens is 2. The van der Waals surface area contributed by atoms with Gasteiger partial charge >= 0.3 is 5.97 Å². The fourth-order valence-electron chi connectivity index (χ4n) is 5.34. The van der Waals surface area contributed by atoms with Gasteiger partial charge in [0.1, 0.15) is 6.61 Å². The van der Waals surface area contributed by atoms with Crippen LogP contribution < -0.4 is 5.56 Å². The van der Waals surface area contributed by atoms with Gasteiger partial charge in [-0.25, -0.2) is 4.98 Å². The summed E-state index contributed by atoms with van der Waals surface area (Å²) in [7, 11) is 0. The molecule has 0 bridgehead atoms. The minimum Gasteiger partial charge on any atom is -0.461 e. The molecule has 0 aliphatic carbocycles. The standard InChI is InChI=1S/C28H25N3O5S/c1-2-28(16-32)11-25(33)35-15-21-22(28)10-24-26-20(13-31(24)27(21)34)19(18-7-3-4-8-23(18)30-26)12-29-36-14-17-6-5-9-37-17/h3-10,12,32H,2,11,13-16H2,1H3/b29-12+. The Balaban J connectivity index is 1.50. The van der Waals surface area contributed by atoms with Crippen LogP contribution in [0, 0.1) is 0 Å². The molecule has 8 nitrogen and oxygen atoms in total. The van der Waals surface area contributed by atoms with Crippen LogP contribution in [-0.2, 0) is 39.5 Å². The van der Waals surface area contributed by atoms with Gasteiger partial charge in [-0.2, -0.15) is 0 Å². The first kappa shape index (κ1) is 23.6. The minimum atomic E-state index is -0.878. The third kappa shape index (κ3) is 3.86. The number of esters is 1. The van der Waals surface area contributed by atoms with Crippen LogP contribution in [0.3, 0.4) is 0 Å². The number of hydrogen-bond acceptors (Lipinski definition) is 8. The van der Waals surface area contributed by atoms with Crippen molar-refractivity contribution in [3.05, 3.63) is 85.3 Å². The van der Waals surface area contributed by atoms with Crippen LogP contribution >= 0.6 is 11.3 Å². The smallest absolute Gasteiger partial charge is 0.307 e. The minimum absolute atomic E-state index is 0.0212. The van der Waals surface area contributed by atoms with E-state index in [1.165, 1.54) is 0 Å². The number of carbonyl (C=O) groups excluding carboxylic acids is 1. The molecule has 0 amide bonds.